The molecule has 1 aromatic carbocycles. The molecule has 3 rings (SSSR count). The average molecular weight is 269 g/mol. The number of rotatable bonds is 1. The van der Waals surface area contributed by atoms with E-state index in [0.717, 1.165) is 19.6 Å². The Kier molecular flexibility index (Phi) is 3.02. The van der Waals surface area contributed by atoms with Crippen LogP contribution >= 0.6 is 0 Å². The molecular weight excluding hydrogens is 250 g/mol. The van der Waals surface area contributed by atoms with Crippen LogP contribution in [0, 0.1) is 23.2 Å². The molecule has 0 saturated carbocycles. The predicted octanol–water partition coefficient (Wildman–Crippen LogP) is 1.63. The van der Waals surface area contributed by atoms with Crippen molar-refractivity contribution >= 4 is 5.91 Å². The molecule has 4 heteroatoms. The molecule has 0 bridgehead atoms. The molecule has 0 spiro atoms. The van der Waals surface area contributed by atoms with Gasteiger partial charge in [0.1, 0.15) is 0 Å². The van der Waals surface area contributed by atoms with E-state index in [1.807, 2.05) is 4.90 Å². The smallest absolute Gasteiger partial charge is 0.254 e. The number of hydrogen-bond donors (Lipinski definition) is 1. The zero-order valence-corrected chi connectivity index (χ0v) is 11.9. The van der Waals surface area contributed by atoms with Gasteiger partial charge < -0.3 is 10.2 Å². The van der Waals surface area contributed by atoms with Crippen molar-refractivity contribution in [1.82, 2.24) is 10.2 Å². The summed E-state index contributed by atoms with van der Waals surface area (Å²) in [6.07, 6.45) is 0. The Morgan fingerprint density at radius 3 is 2.95 bits per heavy atom. The van der Waals surface area contributed by atoms with E-state index in [4.69, 9.17) is 5.26 Å². The van der Waals surface area contributed by atoms with Gasteiger partial charge in [0.05, 0.1) is 11.6 Å². The molecule has 0 aromatic heterocycles. The summed E-state index contributed by atoms with van der Waals surface area (Å²) in [5, 5.41) is 12.4. The molecule has 2 fully saturated rings. The number of nitrogens with one attached hydrogen (secondary N) is 1. The minimum Gasteiger partial charge on any atom is -0.333 e. The van der Waals surface area contributed by atoms with Gasteiger partial charge in [0.2, 0.25) is 0 Å². The monoisotopic (exact) mass is 269 g/mol. The third kappa shape index (κ3) is 1.90. The van der Waals surface area contributed by atoms with E-state index >= 15 is 0 Å². The van der Waals surface area contributed by atoms with Gasteiger partial charge in [0, 0.05) is 30.7 Å². The third-order valence-electron chi connectivity index (χ3n) is 4.84. The van der Waals surface area contributed by atoms with Crippen LogP contribution in [-0.2, 0) is 0 Å². The van der Waals surface area contributed by atoms with Gasteiger partial charge in [0.25, 0.3) is 5.91 Å². The van der Waals surface area contributed by atoms with Crippen molar-refractivity contribution in [1.29, 1.82) is 5.26 Å². The first-order valence-corrected chi connectivity index (χ1v) is 7.07. The van der Waals surface area contributed by atoms with Crippen LogP contribution < -0.4 is 5.32 Å². The highest BCUT2D eigenvalue weighted by Crippen LogP contribution is 2.41. The Morgan fingerprint density at radius 2 is 2.25 bits per heavy atom. The van der Waals surface area contributed by atoms with E-state index in [1.54, 1.807) is 24.3 Å². The number of likely N-dealkylation sites (tertiary alicyclic amines) is 1. The van der Waals surface area contributed by atoms with E-state index in [0.29, 0.717) is 23.0 Å². The Balaban J connectivity index is 1.89. The molecule has 0 radical (unpaired) electrons. The van der Waals surface area contributed by atoms with Crippen LogP contribution in [0.3, 0.4) is 0 Å². The SMILES string of the molecule is CC1(C)C2CNCC2CN1C(=O)c1cccc(C#N)c1. The van der Waals surface area contributed by atoms with E-state index in [1.165, 1.54) is 0 Å². The lowest BCUT2D eigenvalue weighted by Gasteiger charge is -2.35. The summed E-state index contributed by atoms with van der Waals surface area (Å²) in [7, 11) is 0. The lowest BCUT2D eigenvalue weighted by molar-refractivity contribution is 0.0603. The summed E-state index contributed by atoms with van der Waals surface area (Å²) in [6.45, 7) is 7.09. The standard InChI is InChI=1S/C16H19N3O/c1-16(2)14-9-18-8-13(14)10-19(16)15(20)12-5-3-4-11(6-12)7-17/h3-6,13-14,18H,8-10H2,1-2H3. The molecule has 2 aliphatic rings. The molecule has 2 aliphatic heterocycles. The molecule has 104 valence electrons. The highest BCUT2D eigenvalue weighted by atomic mass is 16.2. The number of hydrogen-bond acceptors (Lipinski definition) is 3. The van der Waals surface area contributed by atoms with Crippen LogP contribution in [0.2, 0.25) is 0 Å². The van der Waals surface area contributed by atoms with Crippen molar-refractivity contribution in [3.8, 4) is 6.07 Å². The van der Waals surface area contributed by atoms with Crippen LogP contribution in [0.25, 0.3) is 0 Å². The number of nitrogens with zero attached hydrogens (tertiary/aromatic N) is 2. The zero-order valence-electron chi connectivity index (χ0n) is 11.9. The van der Waals surface area contributed by atoms with Gasteiger partial charge in [-0.15, -0.1) is 0 Å². The molecular formula is C16H19N3O. The summed E-state index contributed by atoms with van der Waals surface area (Å²) in [4.78, 5) is 14.7. The highest BCUT2D eigenvalue weighted by Gasteiger charge is 2.51. The Labute approximate surface area is 119 Å². The van der Waals surface area contributed by atoms with E-state index < -0.39 is 0 Å². The number of nitriles is 1. The van der Waals surface area contributed by atoms with E-state index in [-0.39, 0.29) is 11.4 Å². The number of benzene rings is 1. The summed E-state index contributed by atoms with van der Waals surface area (Å²) >= 11 is 0. The third-order valence-corrected chi connectivity index (χ3v) is 4.84. The fourth-order valence-corrected chi connectivity index (χ4v) is 3.64. The van der Waals surface area contributed by atoms with Crippen molar-refractivity contribution in [3.05, 3.63) is 35.4 Å². The zero-order chi connectivity index (χ0) is 14.3. The van der Waals surface area contributed by atoms with Crippen LogP contribution in [0.1, 0.15) is 29.8 Å². The second kappa shape index (κ2) is 4.60. The highest BCUT2D eigenvalue weighted by molar-refractivity contribution is 5.95. The topological polar surface area (TPSA) is 56.1 Å². The first-order chi connectivity index (χ1) is 9.54. The molecule has 2 unspecified atom stereocenters. The minimum absolute atomic E-state index is 0.0431. The minimum atomic E-state index is -0.131. The van der Waals surface area contributed by atoms with Gasteiger partial charge in [0.15, 0.2) is 0 Å². The van der Waals surface area contributed by atoms with Crippen LogP contribution in [0.5, 0.6) is 0 Å². The number of carbonyl (C=O) groups is 1. The molecule has 20 heavy (non-hydrogen) atoms. The number of amides is 1. The van der Waals surface area contributed by atoms with Gasteiger partial charge >= 0.3 is 0 Å². The maximum Gasteiger partial charge on any atom is 0.254 e. The van der Waals surface area contributed by atoms with E-state index in [9.17, 15) is 4.79 Å². The molecule has 2 atom stereocenters. The van der Waals surface area contributed by atoms with Gasteiger partial charge in [-0.05, 0) is 43.9 Å². The van der Waals surface area contributed by atoms with Crippen LogP contribution in [0.4, 0.5) is 0 Å². The van der Waals surface area contributed by atoms with Crippen molar-refractivity contribution in [2.45, 2.75) is 19.4 Å². The number of carbonyl (C=O) groups excluding carboxylic acids is 1. The lowest BCUT2D eigenvalue weighted by atomic mass is 9.84. The van der Waals surface area contributed by atoms with Crippen molar-refractivity contribution < 1.29 is 4.79 Å². The Morgan fingerprint density at radius 1 is 1.45 bits per heavy atom. The van der Waals surface area contributed by atoms with Crippen molar-refractivity contribution in [2.75, 3.05) is 19.6 Å². The largest absolute Gasteiger partial charge is 0.333 e. The maximum absolute atomic E-state index is 12.8. The number of fused-ring (bicyclic) bond motifs is 1. The van der Waals surface area contributed by atoms with Crippen LogP contribution in [-0.4, -0.2) is 36.0 Å². The predicted molar refractivity (Wildman–Crippen MR) is 76.1 cm³/mol. The van der Waals surface area contributed by atoms with E-state index in [2.05, 4.69) is 25.2 Å². The van der Waals surface area contributed by atoms with Gasteiger partial charge in [-0.25, -0.2) is 0 Å². The first-order valence-electron chi connectivity index (χ1n) is 7.07. The Bertz CT molecular complexity index is 588. The quantitative estimate of drug-likeness (QED) is 0.843. The van der Waals surface area contributed by atoms with Gasteiger partial charge in [-0.3, -0.25) is 4.79 Å². The van der Waals surface area contributed by atoms with Crippen molar-refractivity contribution in [2.24, 2.45) is 11.8 Å². The Hall–Kier alpha value is -1.86. The average Bonchev–Trinajstić information content (AvgIpc) is 3.01. The summed E-state index contributed by atoms with van der Waals surface area (Å²) in [5.41, 5.74) is 1.02. The second-order valence-electron chi connectivity index (χ2n) is 6.29. The van der Waals surface area contributed by atoms with Gasteiger partial charge in [-0.1, -0.05) is 6.07 Å². The summed E-state index contributed by atoms with van der Waals surface area (Å²) in [6, 6.07) is 9.08. The molecule has 1 aromatic rings. The molecule has 1 N–H and O–H groups in total. The maximum atomic E-state index is 12.8. The molecule has 1 amide bonds. The molecule has 2 saturated heterocycles. The summed E-state index contributed by atoms with van der Waals surface area (Å²) < 4.78 is 0. The first kappa shape index (κ1) is 13.1. The van der Waals surface area contributed by atoms with Crippen LogP contribution in [0.15, 0.2) is 24.3 Å². The normalized spacial score (nSPS) is 27.1. The fraction of sp³-hybridized carbons (Fsp3) is 0.500. The van der Waals surface area contributed by atoms with Crippen molar-refractivity contribution in [3.63, 3.8) is 0 Å². The molecule has 2 heterocycles. The summed E-state index contributed by atoms with van der Waals surface area (Å²) in [5.74, 6) is 1.11. The fourth-order valence-electron chi connectivity index (χ4n) is 3.64. The lowest BCUT2D eigenvalue weighted by Crippen LogP contribution is -2.47. The molecule has 0 aliphatic carbocycles. The van der Waals surface area contributed by atoms with Gasteiger partial charge in [-0.2, -0.15) is 5.26 Å². The second-order valence-corrected chi connectivity index (χ2v) is 6.29. The molecule has 4 nitrogen and oxygen atoms in total.